The zero-order valence-corrected chi connectivity index (χ0v) is 20.1. The van der Waals surface area contributed by atoms with E-state index >= 15 is 0 Å². The van der Waals surface area contributed by atoms with E-state index < -0.39 is 0 Å². The molecule has 0 amide bonds. The summed E-state index contributed by atoms with van der Waals surface area (Å²) in [5.41, 5.74) is 4.03. The molecule has 1 unspecified atom stereocenters. The molecule has 2 heterocycles. The van der Waals surface area contributed by atoms with Crippen LogP contribution in [0.2, 0.25) is 0 Å². The number of anilines is 1. The first-order chi connectivity index (χ1) is 17.0. The lowest BCUT2D eigenvalue weighted by atomic mass is 9.99. The van der Waals surface area contributed by atoms with Gasteiger partial charge in [0.1, 0.15) is 0 Å². The predicted octanol–water partition coefficient (Wildman–Crippen LogP) is 5.54. The molecule has 0 aliphatic carbocycles. The van der Waals surface area contributed by atoms with E-state index in [1.165, 1.54) is 19.3 Å². The quantitative estimate of drug-likeness (QED) is 0.268. The molecule has 2 N–H and O–H groups in total. The Bertz CT molecular complexity index is 1720. The minimum absolute atomic E-state index is 0.136. The molecule has 0 saturated carbocycles. The van der Waals surface area contributed by atoms with E-state index in [0.29, 0.717) is 56.5 Å². The Morgan fingerprint density at radius 1 is 1.00 bits per heavy atom. The van der Waals surface area contributed by atoms with Crippen molar-refractivity contribution in [3.8, 4) is 0 Å². The first-order valence-electron chi connectivity index (χ1n) is 12.4. The molecule has 1 atom stereocenters. The van der Waals surface area contributed by atoms with Crippen molar-refractivity contribution in [1.82, 2.24) is 9.88 Å². The summed E-state index contributed by atoms with van der Waals surface area (Å²) < 4.78 is 6.27. The van der Waals surface area contributed by atoms with Gasteiger partial charge in [0.15, 0.2) is 22.0 Å². The Labute approximate surface area is 202 Å². The molecule has 6 rings (SSSR count). The lowest BCUT2D eigenvalue weighted by molar-refractivity contribution is 0.167. The maximum atomic E-state index is 13.7. The van der Waals surface area contributed by atoms with E-state index in [2.05, 4.69) is 22.1 Å². The largest absolute Gasteiger partial charge is 0.453 e. The summed E-state index contributed by atoms with van der Waals surface area (Å²) in [5.74, 6) is 0. The zero-order valence-electron chi connectivity index (χ0n) is 20.1. The standard InChI is InChI=1S/C29H29N3O3/c1-17-10-11-21-23(15-17)35-24-16-22(30-12-14-32-13-6-5-7-18(32)2)25-26(27(24)31-21)29(34)20-9-4-3-8-19(20)28(25)33/h3-4,8-11,15-16,18,30-31H,5-7,12-14H2,1-2H3. The molecule has 1 aliphatic rings. The molecule has 0 spiro atoms. The van der Waals surface area contributed by atoms with Crippen LogP contribution in [-0.4, -0.2) is 35.6 Å². The average Bonchev–Trinajstić information content (AvgIpc) is 2.86. The highest BCUT2D eigenvalue weighted by Crippen LogP contribution is 2.31. The second-order valence-electron chi connectivity index (χ2n) is 9.79. The molecule has 5 aromatic rings. The minimum Gasteiger partial charge on any atom is -0.453 e. The van der Waals surface area contributed by atoms with Gasteiger partial charge in [-0.25, -0.2) is 0 Å². The highest BCUT2D eigenvalue weighted by Gasteiger charge is 2.20. The van der Waals surface area contributed by atoms with Gasteiger partial charge in [0.2, 0.25) is 0 Å². The van der Waals surface area contributed by atoms with Gasteiger partial charge in [-0.1, -0.05) is 36.8 Å². The van der Waals surface area contributed by atoms with E-state index in [9.17, 15) is 9.59 Å². The Hall–Kier alpha value is -3.64. The number of hydrogen-bond donors (Lipinski definition) is 2. The number of nitrogens with zero attached hydrogens (tertiary/aromatic N) is 1. The molecule has 1 saturated heterocycles. The van der Waals surface area contributed by atoms with Crippen molar-refractivity contribution in [2.75, 3.05) is 25.0 Å². The van der Waals surface area contributed by atoms with Crippen molar-refractivity contribution < 1.29 is 4.42 Å². The van der Waals surface area contributed by atoms with Crippen LogP contribution in [0.4, 0.5) is 5.69 Å². The van der Waals surface area contributed by atoms with E-state index in [-0.39, 0.29) is 10.9 Å². The number of fused-ring (bicyclic) bond motifs is 5. The first-order valence-corrected chi connectivity index (χ1v) is 12.4. The van der Waals surface area contributed by atoms with Crippen LogP contribution in [0.15, 0.2) is 62.5 Å². The van der Waals surface area contributed by atoms with Crippen LogP contribution in [-0.2, 0) is 0 Å². The summed E-state index contributed by atoms with van der Waals surface area (Å²) in [6, 6.07) is 15.4. The highest BCUT2D eigenvalue weighted by atomic mass is 16.3. The van der Waals surface area contributed by atoms with Crippen molar-refractivity contribution in [1.29, 1.82) is 0 Å². The molecule has 0 bridgehead atoms. The van der Waals surface area contributed by atoms with Gasteiger partial charge >= 0.3 is 0 Å². The molecule has 1 aromatic heterocycles. The third kappa shape index (κ3) is 3.69. The van der Waals surface area contributed by atoms with E-state index in [0.717, 1.165) is 24.2 Å². The Balaban J connectivity index is 1.57. The van der Waals surface area contributed by atoms with Crippen LogP contribution >= 0.6 is 0 Å². The number of hydrogen-bond acceptors (Lipinski definition) is 5. The van der Waals surface area contributed by atoms with Gasteiger partial charge in [0, 0.05) is 36.0 Å². The number of H-pyrrole nitrogens is 1. The molecule has 4 aromatic carbocycles. The van der Waals surface area contributed by atoms with Gasteiger partial charge < -0.3 is 14.7 Å². The molecule has 6 heteroatoms. The first kappa shape index (κ1) is 21.9. The molecule has 0 radical (unpaired) electrons. The van der Waals surface area contributed by atoms with Gasteiger partial charge in [0.05, 0.1) is 27.5 Å². The van der Waals surface area contributed by atoms with Gasteiger partial charge in [-0.05, 0) is 50.9 Å². The minimum atomic E-state index is -0.161. The fraction of sp³-hybridized carbons (Fsp3) is 0.310. The molecule has 1 aliphatic heterocycles. The number of piperidine rings is 1. The molecular weight excluding hydrogens is 438 g/mol. The third-order valence-corrected chi connectivity index (χ3v) is 7.43. The lowest BCUT2D eigenvalue weighted by Crippen LogP contribution is -2.40. The van der Waals surface area contributed by atoms with Crippen LogP contribution in [0.1, 0.15) is 31.7 Å². The van der Waals surface area contributed by atoms with Gasteiger partial charge in [-0.15, -0.1) is 0 Å². The number of likely N-dealkylation sites (tertiary alicyclic amines) is 1. The number of aryl methyl sites for hydroxylation is 1. The van der Waals surface area contributed by atoms with Crippen LogP contribution in [0.25, 0.3) is 43.7 Å². The van der Waals surface area contributed by atoms with Crippen LogP contribution in [0, 0.1) is 6.92 Å². The summed E-state index contributed by atoms with van der Waals surface area (Å²) in [7, 11) is 0. The zero-order chi connectivity index (χ0) is 24.1. The van der Waals surface area contributed by atoms with Crippen molar-refractivity contribution in [2.45, 2.75) is 39.2 Å². The maximum absolute atomic E-state index is 13.7. The number of nitrogens with one attached hydrogen (secondary N) is 2. The van der Waals surface area contributed by atoms with Crippen molar-refractivity contribution in [2.24, 2.45) is 0 Å². The van der Waals surface area contributed by atoms with Gasteiger partial charge in [-0.3, -0.25) is 14.5 Å². The summed E-state index contributed by atoms with van der Waals surface area (Å²) >= 11 is 0. The Morgan fingerprint density at radius 2 is 1.77 bits per heavy atom. The van der Waals surface area contributed by atoms with Crippen LogP contribution in [0.3, 0.4) is 0 Å². The average molecular weight is 468 g/mol. The monoisotopic (exact) mass is 467 g/mol. The van der Waals surface area contributed by atoms with E-state index in [1.807, 2.05) is 31.2 Å². The van der Waals surface area contributed by atoms with E-state index in [1.54, 1.807) is 24.3 Å². The van der Waals surface area contributed by atoms with Crippen LogP contribution in [0.5, 0.6) is 0 Å². The molecule has 35 heavy (non-hydrogen) atoms. The van der Waals surface area contributed by atoms with Gasteiger partial charge in [0.25, 0.3) is 0 Å². The maximum Gasteiger partial charge on any atom is 0.196 e. The number of benzene rings is 4. The molecule has 1 fully saturated rings. The molecular formula is C29H29N3O3. The number of aromatic amines is 1. The SMILES string of the molecule is Cc1ccc2[nH]c3c(cc(NCCN4CCCCC4C)c4c(=O)c5ccccc5c(=O)c43)oc2c1. The highest BCUT2D eigenvalue weighted by molar-refractivity contribution is 6.14. The molecule has 6 nitrogen and oxygen atoms in total. The topological polar surface area (TPSA) is 78.3 Å². The number of aromatic nitrogens is 1. The predicted molar refractivity (Wildman–Crippen MR) is 144 cm³/mol. The molecule has 178 valence electrons. The Morgan fingerprint density at radius 3 is 2.54 bits per heavy atom. The van der Waals surface area contributed by atoms with Crippen LogP contribution < -0.4 is 16.2 Å². The summed E-state index contributed by atoms with van der Waals surface area (Å²) in [6.45, 7) is 6.95. The van der Waals surface area contributed by atoms with Crippen molar-refractivity contribution >= 4 is 49.4 Å². The van der Waals surface area contributed by atoms with Gasteiger partial charge in [-0.2, -0.15) is 0 Å². The number of rotatable bonds is 4. The lowest BCUT2D eigenvalue weighted by Gasteiger charge is -2.33. The van der Waals surface area contributed by atoms with Crippen molar-refractivity contribution in [3.05, 3.63) is 74.5 Å². The second kappa shape index (κ2) is 8.54. The Kier molecular flexibility index (Phi) is 5.33. The smallest absolute Gasteiger partial charge is 0.196 e. The normalized spacial score (nSPS) is 17.0. The van der Waals surface area contributed by atoms with E-state index in [4.69, 9.17) is 4.42 Å². The summed E-state index contributed by atoms with van der Waals surface area (Å²) in [6.07, 6.45) is 3.72. The third-order valence-electron chi connectivity index (χ3n) is 7.43. The van der Waals surface area contributed by atoms with Crippen molar-refractivity contribution in [3.63, 3.8) is 0 Å². The summed E-state index contributed by atoms with van der Waals surface area (Å²) in [5, 5.41) is 5.17. The fourth-order valence-electron chi connectivity index (χ4n) is 5.51. The summed E-state index contributed by atoms with van der Waals surface area (Å²) in [4.78, 5) is 33.3. The second-order valence-corrected chi connectivity index (χ2v) is 9.79. The fourth-order valence-corrected chi connectivity index (χ4v) is 5.51.